The van der Waals surface area contributed by atoms with Gasteiger partial charge in [-0.25, -0.2) is 0 Å². The van der Waals surface area contributed by atoms with Crippen molar-refractivity contribution < 1.29 is 9.94 Å². The van der Waals surface area contributed by atoms with Gasteiger partial charge in [-0.1, -0.05) is 30.3 Å². The number of hydrogen-bond donors (Lipinski definition) is 2. The molecule has 1 aromatic heterocycles. The normalized spacial score (nSPS) is 13.1. The second-order valence-corrected chi connectivity index (χ2v) is 5.09. The fourth-order valence-electron chi connectivity index (χ4n) is 1.82. The van der Waals surface area contributed by atoms with Crippen LogP contribution in [0.2, 0.25) is 0 Å². The first-order valence-electron chi connectivity index (χ1n) is 6.55. The van der Waals surface area contributed by atoms with E-state index in [4.69, 9.17) is 4.84 Å². The zero-order chi connectivity index (χ0) is 13.8. The highest BCUT2D eigenvalue weighted by atomic mass is 16.7. The minimum absolute atomic E-state index is 0.213. The summed E-state index contributed by atoms with van der Waals surface area (Å²) in [6.45, 7) is 6.84. The first kappa shape index (κ1) is 13.8. The van der Waals surface area contributed by atoms with Gasteiger partial charge in [0.2, 0.25) is 0 Å². The molecule has 0 fully saturated rings. The lowest BCUT2D eigenvalue weighted by molar-refractivity contribution is 0.0166. The number of aromatic nitrogens is 2. The number of hydrogen-bond acceptors (Lipinski definition) is 4. The second kappa shape index (κ2) is 6.04. The van der Waals surface area contributed by atoms with Crippen LogP contribution in [-0.2, 0) is 0 Å². The van der Waals surface area contributed by atoms with Crippen LogP contribution in [0.1, 0.15) is 19.4 Å². The maximum absolute atomic E-state index is 9.78. The van der Waals surface area contributed by atoms with Gasteiger partial charge in [-0.05, 0) is 19.1 Å². The molecule has 5 nitrogen and oxygen atoms in total. The molecule has 0 aliphatic carbocycles. The summed E-state index contributed by atoms with van der Waals surface area (Å²) in [6, 6.07) is 6.39. The van der Waals surface area contributed by atoms with Gasteiger partial charge in [-0.15, -0.1) is 5.10 Å². The Labute approximate surface area is 113 Å². The Morgan fingerprint density at radius 1 is 1.42 bits per heavy atom. The predicted octanol–water partition coefficient (Wildman–Crippen LogP) is 1.13. The van der Waals surface area contributed by atoms with Crippen molar-refractivity contribution >= 4 is 10.9 Å². The number of aryl methyl sites for hydroxylation is 1. The molecule has 0 bridgehead atoms. The summed E-state index contributed by atoms with van der Waals surface area (Å²) in [4.78, 5) is 6.97. The van der Waals surface area contributed by atoms with Crippen molar-refractivity contribution in [2.24, 2.45) is 0 Å². The minimum Gasteiger partial charge on any atom is -0.393 e. The smallest absolute Gasteiger partial charge is 0.144 e. The third-order valence-corrected chi connectivity index (χ3v) is 2.84. The molecule has 104 valence electrons. The highest BCUT2D eigenvalue weighted by molar-refractivity contribution is 5.78. The van der Waals surface area contributed by atoms with Crippen molar-refractivity contribution in [3.63, 3.8) is 0 Å². The molecule has 0 radical (unpaired) electrons. The molecule has 1 atom stereocenters. The Balaban J connectivity index is 1.94. The molecule has 19 heavy (non-hydrogen) atoms. The molecule has 2 rings (SSSR count). The molecule has 0 amide bonds. The van der Waals surface area contributed by atoms with Gasteiger partial charge in [0.1, 0.15) is 18.2 Å². The van der Waals surface area contributed by atoms with E-state index in [-0.39, 0.29) is 6.61 Å². The van der Waals surface area contributed by atoms with Crippen LogP contribution < -0.4 is 10.2 Å². The molecular weight excluding hydrogens is 242 g/mol. The van der Waals surface area contributed by atoms with Crippen molar-refractivity contribution in [3.8, 4) is 0 Å². The molecule has 1 unspecified atom stereocenters. The van der Waals surface area contributed by atoms with Gasteiger partial charge in [-0.2, -0.15) is 0 Å². The summed E-state index contributed by atoms with van der Waals surface area (Å²) >= 11 is 0. The summed E-state index contributed by atoms with van der Waals surface area (Å²) in [7, 11) is 0. The molecule has 1 heterocycles. The lowest BCUT2D eigenvalue weighted by Crippen LogP contribution is -2.36. The lowest BCUT2D eigenvalue weighted by atomic mass is 10.2. The van der Waals surface area contributed by atoms with Crippen molar-refractivity contribution in [1.29, 1.82) is 0 Å². The summed E-state index contributed by atoms with van der Waals surface area (Å²) in [5, 5.41) is 18.1. The predicted molar refractivity (Wildman–Crippen MR) is 75.1 cm³/mol. The van der Waals surface area contributed by atoms with E-state index >= 15 is 0 Å². The van der Waals surface area contributed by atoms with Crippen molar-refractivity contribution in [2.75, 3.05) is 13.2 Å². The summed E-state index contributed by atoms with van der Waals surface area (Å²) in [6.07, 6.45) is 1.22. The van der Waals surface area contributed by atoms with Crippen molar-refractivity contribution in [3.05, 3.63) is 30.0 Å². The van der Waals surface area contributed by atoms with E-state index in [0.29, 0.717) is 12.6 Å². The Bertz CT molecular complexity index is 536. The summed E-state index contributed by atoms with van der Waals surface area (Å²) in [5.74, 6) is 0. The number of aliphatic hydroxyl groups is 1. The fourth-order valence-corrected chi connectivity index (χ4v) is 1.82. The van der Waals surface area contributed by atoms with Crippen LogP contribution >= 0.6 is 0 Å². The third kappa shape index (κ3) is 3.68. The molecule has 0 saturated carbocycles. The van der Waals surface area contributed by atoms with Crippen LogP contribution in [0.3, 0.4) is 0 Å². The molecule has 2 N–H and O–H groups in total. The molecule has 0 aliphatic rings. The van der Waals surface area contributed by atoms with Crippen molar-refractivity contribution in [2.45, 2.75) is 32.9 Å². The number of aliphatic hydroxyl groups excluding tert-OH is 1. The van der Waals surface area contributed by atoms with Crippen LogP contribution in [-0.4, -0.2) is 40.3 Å². The highest BCUT2D eigenvalue weighted by Crippen LogP contribution is 2.14. The van der Waals surface area contributed by atoms with Gasteiger partial charge in [0, 0.05) is 18.0 Å². The highest BCUT2D eigenvalue weighted by Gasteiger charge is 2.08. The first-order valence-corrected chi connectivity index (χ1v) is 6.55. The quantitative estimate of drug-likeness (QED) is 0.820. The average molecular weight is 263 g/mol. The molecule has 5 heteroatoms. The monoisotopic (exact) mass is 263 g/mol. The van der Waals surface area contributed by atoms with E-state index in [1.54, 1.807) is 6.20 Å². The van der Waals surface area contributed by atoms with E-state index in [9.17, 15) is 5.11 Å². The molecule has 0 aliphatic heterocycles. The standard InChI is InChI=1S/C14H21N3O2/c1-10(2)15-8-13(18)9-19-17-14-5-4-11(3)6-12(14)7-16-17/h4-7,10,13,15,18H,8-9H2,1-3H3. The van der Waals surface area contributed by atoms with Gasteiger partial charge in [0.15, 0.2) is 0 Å². The topological polar surface area (TPSA) is 59.3 Å². The molecule has 0 spiro atoms. The number of benzene rings is 1. The zero-order valence-electron chi connectivity index (χ0n) is 11.6. The summed E-state index contributed by atoms with van der Waals surface area (Å²) < 4.78 is 0. The first-order chi connectivity index (χ1) is 9.06. The van der Waals surface area contributed by atoms with Crippen LogP contribution in [0.25, 0.3) is 10.9 Å². The van der Waals surface area contributed by atoms with Crippen LogP contribution in [0, 0.1) is 6.92 Å². The van der Waals surface area contributed by atoms with E-state index in [0.717, 1.165) is 10.9 Å². The second-order valence-electron chi connectivity index (χ2n) is 5.09. The van der Waals surface area contributed by atoms with Gasteiger partial charge in [0.25, 0.3) is 0 Å². The molecule has 1 aromatic carbocycles. The minimum atomic E-state index is -0.549. The zero-order valence-corrected chi connectivity index (χ0v) is 11.6. The Morgan fingerprint density at radius 2 is 2.21 bits per heavy atom. The molecular formula is C14H21N3O2. The van der Waals surface area contributed by atoms with E-state index in [1.807, 2.05) is 32.9 Å². The SMILES string of the molecule is Cc1ccc2c(cnn2OCC(O)CNC(C)C)c1. The van der Waals surface area contributed by atoms with Gasteiger partial charge in [0.05, 0.1) is 6.20 Å². The van der Waals surface area contributed by atoms with Gasteiger partial charge < -0.3 is 15.3 Å². The Morgan fingerprint density at radius 3 is 2.95 bits per heavy atom. The summed E-state index contributed by atoms with van der Waals surface area (Å²) in [5.41, 5.74) is 2.10. The Kier molecular flexibility index (Phi) is 4.39. The van der Waals surface area contributed by atoms with Gasteiger partial charge >= 0.3 is 0 Å². The number of fused-ring (bicyclic) bond motifs is 1. The number of nitrogens with one attached hydrogen (secondary N) is 1. The Hall–Kier alpha value is -1.59. The van der Waals surface area contributed by atoms with Gasteiger partial charge in [-0.3, -0.25) is 0 Å². The number of rotatable bonds is 6. The maximum atomic E-state index is 9.78. The van der Waals surface area contributed by atoms with Crippen LogP contribution in [0.4, 0.5) is 0 Å². The third-order valence-electron chi connectivity index (χ3n) is 2.84. The van der Waals surface area contributed by atoms with E-state index < -0.39 is 6.10 Å². The van der Waals surface area contributed by atoms with Crippen LogP contribution in [0.5, 0.6) is 0 Å². The lowest BCUT2D eigenvalue weighted by Gasteiger charge is -2.14. The fraction of sp³-hybridized carbons (Fsp3) is 0.500. The largest absolute Gasteiger partial charge is 0.393 e. The number of nitrogens with zero attached hydrogens (tertiary/aromatic N) is 2. The maximum Gasteiger partial charge on any atom is 0.144 e. The molecule has 2 aromatic rings. The average Bonchev–Trinajstić information content (AvgIpc) is 2.76. The van der Waals surface area contributed by atoms with E-state index in [2.05, 4.69) is 16.5 Å². The van der Waals surface area contributed by atoms with Crippen LogP contribution in [0.15, 0.2) is 24.4 Å². The van der Waals surface area contributed by atoms with E-state index in [1.165, 1.54) is 10.4 Å². The molecule has 0 saturated heterocycles. The van der Waals surface area contributed by atoms with Crippen molar-refractivity contribution in [1.82, 2.24) is 15.3 Å².